The van der Waals surface area contributed by atoms with E-state index in [9.17, 15) is 9.59 Å². The minimum absolute atomic E-state index is 0.0609. The predicted molar refractivity (Wildman–Crippen MR) is 59.8 cm³/mol. The Morgan fingerprint density at radius 3 is 2.56 bits per heavy atom. The zero-order valence-corrected chi connectivity index (χ0v) is 9.03. The van der Waals surface area contributed by atoms with Crippen molar-refractivity contribution in [3.8, 4) is 17.6 Å². The van der Waals surface area contributed by atoms with Crippen LogP contribution in [0.4, 0.5) is 0 Å². The van der Waals surface area contributed by atoms with Crippen molar-refractivity contribution < 1.29 is 14.3 Å². The van der Waals surface area contributed by atoms with Crippen molar-refractivity contribution in [3.05, 3.63) is 30.3 Å². The summed E-state index contributed by atoms with van der Waals surface area (Å²) in [5.74, 6) is 4.84. The topological polar surface area (TPSA) is 43.4 Å². The Labute approximate surface area is 94.4 Å². The van der Waals surface area contributed by atoms with E-state index in [4.69, 9.17) is 4.74 Å². The molecule has 0 spiro atoms. The average molecular weight is 216 g/mol. The fourth-order valence-electron chi connectivity index (χ4n) is 0.994. The van der Waals surface area contributed by atoms with Crippen molar-refractivity contribution >= 4 is 11.8 Å². The molecule has 0 unspecified atom stereocenters. The smallest absolute Gasteiger partial charge is 0.389 e. The Bertz CT molecular complexity index is 423. The fourth-order valence-corrected chi connectivity index (χ4v) is 0.994. The van der Waals surface area contributed by atoms with Crippen LogP contribution in [0.15, 0.2) is 30.3 Å². The maximum atomic E-state index is 11.2. The van der Waals surface area contributed by atoms with Gasteiger partial charge in [-0.2, -0.15) is 0 Å². The molecular weight excluding hydrogens is 204 g/mol. The molecule has 0 aliphatic carbocycles. The highest BCUT2D eigenvalue weighted by molar-refractivity contribution is 5.90. The molecule has 0 aliphatic rings. The molecule has 1 aromatic rings. The van der Waals surface area contributed by atoms with Crippen LogP contribution in [0.3, 0.4) is 0 Å². The van der Waals surface area contributed by atoms with Crippen LogP contribution in [0.1, 0.15) is 19.8 Å². The first-order valence-corrected chi connectivity index (χ1v) is 4.93. The van der Waals surface area contributed by atoms with Crippen LogP contribution in [-0.4, -0.2) is 11.8 Å². The van der Waals surface area contributed by atoms with Crippen molar-refractivity contribution in [3.63, 3.8) is 0 Å². The number of Topliss-reactive ketones (excluding diaryl/α,β-unsaturated/α-hetero) is 1. The van der Waals surface area contributed by atoms with Gasteiger partial charge >= 0.3 is 5.97 Å². The number of para-hydroxylation sites is 1. The molecule has 0 heterocycles. The predicted octanol–water partition coefficient (Wildman–Crippen LogP) is 1.96. The second kappa shape index (κ2) is 6.41. The third-order valence-electron chi connectivity index (χ3n) is 1.75. The third-order valence-corrected chi connectivity index (χ3v) is 1.75. The number of hydrogen-bond donors (Lipinski definition) is 0. The summed E-state index contributed by atoms with van der Waals surface area (Å²) < 4.78 is 4.92. The maximum absolute atomic E-state index is 11.2. The molecule has 0 bridgehead atoms. The minimum Gasteiger partial charge on any atom is -0.417 e. The molecule has 1 aromatic carbocycles. The molecule has 0 N–H and O–H groups in total. The standard InChI is InChI=1S/C13H12O3/c1-11(14)7-5-6-10-13(15)16-12-8-3-2-4-9-12/h2-4,8-9H,5,7H2,1H3. The van der Waals surface area contributed by atoms with Gasteiger partial charge in [-0.3, -0.25) is 4.79 Å². The number of hydrogen-bond acceptors (Lipinski definition) is 3. The summed E-state index contributed by atoms with van der Waals surface area (Å²) in [6.07, 6.45) is 0.755. The number of ketones is 1. The Balaban J connectivity index is 2.39. The molecule has 0 aliphatic heterocycles. The summed E-state index contributed by atoms with van der Waals surface area (Å²) >= 11 is 0. The number of carbonyl (C=O) groups is 2. The molecule has 0 saturated heterocycles. The van der Waals surface area contributed by atoms with E-state index in [2.05, 4.69) is 11.8 Å². The van der Waals surface area contributed by atoms with Crippen molar-refractivity contribution in [2.75, 3.05) is 0 Å². The lowest BCUT2D eigenvalue weighted by molar-refractivity contribution is -0.128. The van der Waals surface area contributed by atoms with Gasteiger partial charge in [-0.05, 0) is 19.1 Å². The highest BCUT2D eigenvalue weighted by atomic mass is 16.5. The largest absolute Gasteiger partial charge is 0.417 e. The third kappa shape index (κ3) is 4.97. The van der Waals surface area contributed by atoms with Crippen LogP contribution < -0.4 is 4.74 Å². The van der Waals surface area contributed by atoms with Crippen molar-refractivity contribution in [2.24, 2.45) is 0 Å². The lowest BCUT2D eigenvalue weighted by atomic mass is 10.2. The van der Waals surface area contributed by atoms with Gasteiger partial charge in [-0.15, -0.1) is 0 Å². The van der Waals surface area contributed by atoms with Gasteiger partial charge in [0.05, 0.1) is 0 Å². The molecule has 0 fully saturated rings. The van der Waals surface area contributed by atoms with Gasteiger partial charge in [0.15, 0.2) is 0 Å². The van der Waals surface area contributed by atoms with Crippen molar-refractivity contribution in [1.82, 2.24) is 0 Å². The maximum Gasteiger partial charge on any atom is 0.389 e. The summed E-state index contributed by atoms with van der Waals surface area (Å²) in [5, 5.41) is 0. The summed E-state index contributed by atoms with van der Waals surface area (Å²) in [6, 6.07) is 8.72. The number of benzene rings is 1. The van der Waals surface area contributed by atoms with Gasteiger partial charge < -0.3 is 4.74 Å². The number of ether oxygens (including phenoxy) is 1. The van der Waals surface area contributed by atoms with Crippen LogP contribution in [0.25, 0.3) is 0 Å². The van der Waals surface area contributed by atoms with Crippen LogP contribution in [0, 0.1) is 11.8 Å². The summed E-state index contributed by atoms with van der Waals surface area (Å²) in [5.41, 5.74) is 0. The monoisotopic (exact) mass is 216 g/mol. The zero-order chi connectivity index (χ0) is 11.8. The fraction of sp³-hybridized carbons (Fsp3) is 0.231. The van der Waals surface area contributed by atoms with E-state index < -0.39 is 5.97 Å². The molecule has 16 heavy (non-hydrogen) atoms. The van der Waals surface area contributed by atoms with Crippen LogP contribution in [-0.2, 0) is 9.59 Å². The molecule has 3 heteroatoms. The summed E-state index contributed by atoms with van der Waals surface area (Å²) in [4.78, 5) is 21.8. The molecule has 82 valence electrons. The first-order valence-electron chi connectivity index (χ1n) is 4.93. The summed E-state index contributed by atoms with van der Waals surface area (Å²) in [6.45, 7) is 1.49. The van der Waals surface area contributed by atoms with Crippen LogP contribution >= 0.6 is 0 Å². The Kier molecular flexibility index (Phi) is 4.81. The van der Waals surface area contributed by atoms with Gasteiger partial charge in [0, 0.05) is 18.8 Å². The number of carbonyl (C=O) groups excluding carboxylic acids is 2. The Hall–Kier alpha value is -2.08. The van der Waals surface area contributed by atoms with E-state index in [-0.39, 0.29) is 5.78 Å². The first-order chi connectivity index (χ1) is 7.68. The van der Waals surface area contributed by atoms with Crippen molar-refractivity contribution in [2.45, 2.75) is 19.8 Å². The average Bonchev–Trinajstić information content (AvgIpc) is 2.25. The summed E-state index contributed by atoms with van der Waals surface area (Å²) in [7, 11) is 0. The molecule has 0 atom stereocenters. The normalized spacial score (nSPS) is 8.81. The SMILES string of the molecule is CC(=O)CCC#CC(=O)Oc1ccccc1. The highest BCUT2D eigenvalue weighted by Crippen LogP contribution is 2.07. The van der Waals surface area contributed by atoms with Gasteiger partial charge in [0.1, 0.15) is 11.5 Å². The number of esters is 1. The van der Waals surface area contributed by atoms with Gasteiger partial charge in [-0.1, -0.05) is 24.1 Å². The molecule has 3 nitrogen and oxygen atoms in total. The molecular formula is C13H12O3. The molecule has 1 rings (SSSR count). The van der Waals surface area contributed by atoms with E-state index >= 15 is 0 Å². The number of rotatable bonds is 3. The van der Waals surface area contributed by atoms with E-state index in [0.717, 1.165) is 0 Å². The van der Waals surface area contributed by atoms with E-state index in [1.807, 2.05) is 6.07 Å². The van der Waals surface area contributed by atoms with Gasteiger partial charge in [-0.25, -0.2) is 4.79 Å². The van der Waals surface area contributed by atoms with E-state index in [1.165, 1.54) is 6.92 Å². The Morgan fingerprint density at radius 2 is 1.94 bits per heavy atom. The quantitative estimate of drug-likeness (QED) is 0.336. The van der Waals surface area contributed by atoms with Crippen LogP contribution in [0.2, 0.25) is 0 Å². The highest BCUT2D eigenvalue weighted by Gasteiger charge is 1.98. The first kappa shape index (κ1) is 12.0. The van der Waals surface area contributed by atoms with E-state index in [0.29, 0.717) is 18.6 Å². The molecule has 0 saturated carbocycles. The lowest BCUT2D eigenvalue weighted by Gasteiger charge is -1.97. The second-order valence-electron chi connectivity index (χ2n) is 3.21. The van der Waals surface area contributed by atoms with Crippen molar-refractivity contribution in [1.29, 1.82) is 0 Å². The second-order valence-corrected chi connectivity index (χ2v) is 3.21. The van der Waals surface area contributed by atoms with Gasteiger partial charge in [0.2, 0.25) is 0 Å². The minimum atomic E-state index is -0.602. The Morgan fingerprint density at radius 1 is 1.25 bits per heavy atom. The lowest BCUT2D eigenvalue weighted by Crippen LogP contribution is -2.04. The van der Waals surface area contributed by atoms with Gasteiger partial charge in [0.25, 0.3) is 0 Å². The zero-order valence-electron chi connectivity index (χ0n) is 9.03. The van der Waals surface area contributed by atoms with Crippen LogP contribution in [0.5, 0.6) is 5.75 Å². The molecule has 0 radical (unpaired) electrons. The molecule has 0 amide bonds. The molecule has 0 aromatic heterocycles. The van der Waals surface area contributed by atoms with E-state index in [1.54, 1.807) is 24.3 Å².